The minimum absolute atomic E-state index is 0.0119. The molecule has 0 aliphatic rings. The van der Waals surface area contributed by atoms with Crippen molar-refractivity contribution >= 4 is 11.6 Å². The lowest BCUT2D eigenvalue weighted by Gasteiger charge is -2.09. The first-order valence-corrected chi connectivity index (χ1v) is 7.83. The van der Waals surface area contributed by atoms with E-state index in [1.165, 1.54) is 0 Å². The Balaban J connectivity index is 2.21. The van der Waals surface area contributed by atoms with Gasteiger partial charge in [-0.1, -0.05) is 13.8 Å². The van der Waals surface area contributed by atoms with Crippen LogP contribution >= 0.6 is 0 Å². The van der Waals surface area contributed by atoms with E-state index in [1.54, 1.807) is 24.3 Å². The quantitative estimate of drug-likeness (QED) is 0.617. The van der Waals surface area contributed by atoms with E-state index in [4.69, 9.17) is 14.6 Å². The van der Waals surface area contributed by atoms with Crippen LogP contribution in [0.3, 0.4) is 0 Å². The fourth-order valence-electron chi connectivity index (χ4n) is 1.77. The number of ether oxygens (including phenoxy) is 2. The molecule has 5 heteroatoms. The molecule has 1 aromatic carbocycles. The Morgan fingerprint density at radius 3 is 2.55 bits per heavy atom. The summed E-state index contributed by atoms with van der Waals surface area (Å²) in [5, 5.41) is 11.5. The van der Waals surface area contributed by atoms with Gasteiger partial charge < -0.3 is 19.9 Å². The molecule has 2 N–H and O–H groups in total. The number of hydrogen-bond donors (Lipinski definition) is 2. The summed E-state index contributed by atoms with van der Waals surface area (Å²) in [6, 6.07) is 7.22. The van der Waals surface area contributed by atoms with E-state index >= 15 is 0 Å². The highest BCUT2D eigenvalue weighted by atomic mass is 16.5. The van der Waals surface area contributed by atoms with E-state index < -0.39 is 0 Å². The highest BCUT2D eigenvalue weighted by Crippen LogP contribution is 2.16. The van der Waals surface area contributed by atoms with E-state index in [0.29, 0.717) is 32.0 Å². The number of carbonyl (C=O) groups is 1. The molecular weight excluding hydrogens is 282 g/mol. The van der Waals surface area contributed by atoms with Gasteiger partial charge in [-0.15, -0.1) is 0 Å². The zero-order valence-electron chi connectivity index (χ0n) is 13.5. The summed E-state index contributed by atoms with van der Waals surface area (Å²) in [6.45, 7) is 6.16. The predicted octanol–water partition coefficient (Wildman–Crippen LogP) is 2.84. The molecule has 0 radical (unpaired) electrons. The van der Waals surface area contributed by atoms with Gasteiger partial charge in [0.1, 0.15) is 5.75 Å². The summed E-state index contributed by atoms with van der Waals surface area (Å²) in [5.41, 5.74) is 0.752. The summed E-state index contributed by atoms with van der Waals surface area (Å²) < 4.78 is 10.9. The summed E-state index contributed by atoms with van der Waals surface area (Å²) in [6.07, 6.45) is 1.78. The highest BCUT2D eigenvalue weighted by molar-refractivity contribution is 5.90. The number of amides is 1. The molecule has 0 saturated heterocycles. The molecule has 124 valence electrons. The first kappa shape index (κ1) is 18.5. The van der Waals surface area contributed by atoms with Crippen LogP contribution in [0.4, 0.5) is 5.69 Å². The third kappa shape index (κ3) is 8.64. The van der Waals surface area contributed by atoms with Gasteiger partial charge in [0.15, 0.2) is 0 Å². The maximum atomic E-state index is 11.8. The van der Waals surface area contributed by atoms with E-state index in [-0.39, 0.29) is 12.5 Å². The number of anilines is 1. The minimum Gasteiger partial charge on any atom is -0.494 e. The van der Waals surface area contributed by atoms with E-state index in [9.17, 15) is 4.79 Å². The van der Waals surface area contributed by atoms with Gasteiger partial charge in [-0.3, -0.25) is 4.79 Å². The maximum absolute atomic E-state index is 11.8. The number of benzene rings is 1. The molecule has 0 spiro atoms. The second-order valence-electron chi connectivity index (χ2n) is 5.57. The topological polar surface area (TPSA) is 67.8 Å². The molecule has 0 aliphatic heterocycles. The van der Waals surface area contributed by atoms with Crippen LogP contribution in [-0.4, -0.2) is 37.4 Å². The Morgan fingerprint density at radius 1 is 1.18 bits per heavy atom. The molecule has 5 nitrogen and oxygen atoms in total. The fourth-order valence-corrected chi connectivity index (χ4v) is 1.77. The Kier molecular flexibility index (Phi) is 9.26. The van der Waals surface area contributed by atoms with Crippen LogP contribution in [0.5, 0.6) is 5.75 Å². The lowest BCUT2D eigenvalue weighted by Crippen LogP contribution is -2.12. The lowest BCUT2D eigenvalue weighted by atomic mass is 10.2. The zero-order chi connectivity index (χ0) is 16.2. The molecule has 0 fully saturated rings. The number of hydrogen-bond acceptors (Lipinski definition) is 4. The maximum Gasteiger partial charge on any atom is 0.224 e. The van der Waals surface area contributed by atoms with Crippen LogP contribution in [0.15, 0.2) is 24.3 Å². The SMILES string of the molecule is CC(C)COCCCC(=O)Nc1ccc(OCCCO)cc1. The monoisotopic (exact) mass is 309 g/mol. The van der Waals surface area contributed by atoms with Gasteiger partial charge in [0.2, 0.25) is 5.91 Å². The van der Waals surface area contributed by atoms with Crippen molar-refractivity contribution < 1.29 is 19.4 Å². The molecule has 0 unspecified atom stereocenters. The van der Waals surface area contributed by atoms with Gasteiger partial charge in [-0.25, -0.2) is 0 Å². The lowest BCUT2D eigenvalue weighted by molar-refractivity contribution is -0.116. The summed E-state index contributed by atoms with van der Waals surface area (Å²) in [5.74, 6) is 1.24. The summed E-state index contributed by atoms with van der Waals surface area (Å²) in [4.78, 5) is 11.8. The van der Waals surface area contributed by atoms with Crippen LogP contribution < -0.4 is 10.1 Å². The number of carbonyl (C=O) groups excluding carboxylic acids is 1. The van der Waals surface area contributed by atoms with Crippen molar-refractivity contribution in [3.8, 4) is 5.75 Å². The number of aliphatic hydroxyl groups is 1. The second-order valence-corrected chi connectivity index (χ2v) is 5.57. The van der Waals surface area contributed by atoms with Crippen LogP contribution in [0.2, 0.25) is 0 Å². The zero-order valence-corrected chi connectivity index (χ0v) is 13.5. The number of rotatable bonds is 11. The van der Waals surface area contributed by atoms with Crippen LogP contribution in [0, 0.1) is 5.92 Å². The van der Waals surface area contributed by atoms with E-state index in [1.807, 2.05) is 0 Å². The summed E-state index contributed by atoms with van der Waals surface area (Å²) in [7, 11) is 0. The molecule has 0 atom stereocenters. The normalized spacial score (nSPS) is 10.7. The predicted molar refractivity (Wildman–Crippen MR) is 87.2 cm³/mol. The van der Waals surface area contributed by atoms with Crippen molar-refractivity contribution in [3.63, 3.8) is 0 Å². The van der Waals surface area contributed by atoms with Crippen molar-refractivity contribution in [2.75, 3.05) is 31.7 Å². The third-order valence-electron chi connectivity index (χ3n) is 2.85. The second kappa shape index (κ2) is 11.0. The highest BCUT2D eigenvalue weighted by Gasteiger charge is 2.03. The minimum atomic E-state index is -0.0119. The third-order valence-corrected chi connectivity index (χ3v) is 2.85. The van der Waals surface area contributed by atoms with Gasteiger partial charge in [-0.05, 0) is 36.6 Å². The molecule has 1 rings (SSSR count). The van der Waals surface area contributed by atoms with Crippen molar-refractivity contribution in [2.24, 2.45) is 5.92 Å². The number of aliphatic hydroxyl groups excluding tert-OH is 1. The fraction of sp³-hybridized carbons (Fsp3) is 0.588. The van der Waals surface area contributed by atoms with Gasteiger partial charge in [0, 0.05) is 38.3 Å². The first-order valence-electron chi connectivity index (χ1n) is 7.83. The molecule has 0 saturated carbocycles. The van der Waals surface area contributed by atoms with Crippen LogP contribution in [0.25, 0.3) is 0 Å². The molecule has 22 heavy (non-hydrogen) atoms. The Hall–Kier alpha value is -1.59. The molecule has 0 aliphatic carbocycles. The summed E-state index contributed by atoms with van der Waals surface area (Å²) >= 11 is 0. The molecule has 0 heterocycles. The van der Waals surface area contributed by atoms with E-state index in [0.717, 1.165) is 24.5 Å². The Bertz CT molecular complexity index is 417. The molecular formula is C17H27NO4. The van der Waals surface area contributed by atoms with E-state index in [2.05, 4.69) is 19.2 Å². The van der Waals surface area contributed by atoms with Crippen LogP contribution in [0.1, 0.15) is 33.1 Å². The Morgan fingerprint density at radius 2 is 1.91 bits per heavy atom. The Labute approximate surface area is 132 Å². The van der Waals surface area contributed by atoms with Crippen molar-refractivity contribution in [2.45, 2.75) is 33.1 Å². The van der Waals surface area contributed by atoms with Crippen molar-refractivity contribution in [1.82, 2.24) is 0 Å². The molecule has 0 aromatic heterocycles. The van der Waals surface area contributed by atoms with Gasteiger partial charge >= 0.3 is 0 Å². The largest absolute Gasteiger partial charge is 0.494 e. The molecule has 1 amide bonds. The van der Waals surface area contributed by atoms with Gasteiger partial charge in [0.25, 0.3) is 0 Å². The molecule has 1 aromatic rings. The average molecular weight is 309 g/mol. The molecule has 0 bridgehead atoms. The standard InChI is InChI=1S/C17H27NO4/c1-14(2)13-21-11-3-5-17(20)18-15-6-8-16(9-7-15)22-12-4-10-19/h6-9,14,19H,3-5,10-13H2,1-2H3,(H,18,20). The van der Waals surface area contributed by atoms with Gasteiger partial charge in [-0.2, -0.15) is 0 Å². The first-order chi connectivity index (χ1) is 10.6. The number of nitrogens with one attached hydrogen (secondary N) is 1. The van der Waals surface area contributed by atoms with Crippen molar-refractivity contribution in [3.05, 3.63) is 24.3 Å². The van der Waals surface area contributed by atoms with Crippen molar-refractivity contribution in [1.29, 1.82) is 0 Å². The van der Waals surface area contributed by atoms with Gasteiger partial charge in [0.05, 0.1) is 6.61 Å². The smallest absolute Gasteiger partial charge is 0.224 e. The average Bonchev–Trinajstić information content (AvgIpc) is 2.48. The van der Waals surface area contributed by atoms with Crippen LogP contribution in [-0.2, 0) is 9.53 Å².